The van der Waals surface area contributed by atoms with E-state index in [-0.39, 0.29) is 5.92 Å². The van der Waals surface area contributed by atoms with Crippen molar-refractivity contribution in [1.29, 1.82) is 0 Å². The number of carboxylic acid groups (broad SMARTS) is 1. The van der Waals surface area contributed by atoms with Crippen molar-refractivity contribution in [3.63, 3.8) is 0 Å². The highest BCUT2D eigenvalue weighted by Crippen LogP contribution is 2.31. The number of hydrogen-bond donors (Lipinski definition) is 1. The first-order valence-corrected chi connectivity index (χ1v) is 9.66. The van der Waals surface area contributed by atoms with E-state index in [1.807, 2.05) is 13.8 Å². The molecule has 0 aliphatic rings. The molecule has 132 valence electrons. The molecule has 2 heteroatoms. The third-order valence-corrected chi connectivity index (χ3v) is 5.27. The van der Waals surface area contributed by atoms with Crippen molar-refractivity contribution in [2.75, 3.05) is 0 Å². The highest BCUT2D eigenvalue weighted by Gasteiger charge is 2.33. The molecule has 0 heterocycles. The molecule has 0 fully saturated rings. The quantitative estimate of drug-likeness (QED) is 0.337. The minimum atomic E-state index is -0.668. The normalized spacial score (nSPS) is 13.3. The summed E-state index contributed by atoms with van der Waals surface area (Å²) in [5, 5.41) is 9.20. The lowest BCUT2D eigenvalue weighted by molar-refractivity contribution is -0.149. The van der Waals surface area contributed by atoms with Crippen LogP contribution < -0.4 is 0 Å². The molecule has 0 rings (SSSR count). The minimum absolute atomic E-state index is 0.258. The number of unbranched alkanes of at least 4 members (excludes halogenated alkanes) is 11. The second-order valence-corrected chi connectivity index (χ2v) is 7.61. The summed E-state index contributed by atoms with van der Waals surface area (Å²) in [6, 6.07) is 0. The number of aliphatic carboxylic acids is 1. The standard InChI is InChI=1S/C20H40O2/c1-5-6-7-8-9-10-11-12-13-14-15-16-17-18(2)20(3,4)19(21)22/h18H,5-17H2,1-4H3,(H,21,22). The highest BCUT2D eigenvalue weighted by atomic mass is 16.4. The van der Waals surface area contributed by atoms with Crippen LogP contribution in [0.2, 0.25) is 0 Å². The molecule has 0 aromatic carbocycles. The molecule has 1 N–H and O–H groups in total. The lowest BCUT2D eigenvalue weighted by atomic mass is 9.77. The molecule has 0 spiro atoms. The molecule has 0 aliphatic carbocycles. The van der Waals surface area contributed by atoms with Gasteiger partial charge < -0.3 is 5.11 Å². The molecule has 2 nitrogen and oxygen atoms in total. The molecular weight excluding hydrogens is 272 g/mol. The van der Waals surface area contributed by atoms with E-state index >= 15 is 0 Å². The van der Waals surface area contributed by atoms with Gasteiger partial charge in [0.2, 0.25) is 0 Å². The Morgan fingerprint density at radius 1 is 0.818 bits per heavy atom. The van der Waals surface area contributed by atoms with Gasteiger partial charge in [0.1, 0.15) is 0 Å². The Labute approximate surface area is 139 Å². The molecule has 0 saturated carbocycles. The third kappa shape index (κ3) is 10.2. The summed E-state index contributed by atoms with van der Waals surface area (Å²) in [6.45, 7) is 8.04. The van der Waals surface area contributed by atoms with Gasteiger partial charge in [-0.1, -0.05) is 90.9 Å². The fourth-order valence-electron chi connectivity index (χ4n) is 2.86. The second-order valence-electron chi connectivity index (χ2n) is 7.61. The summed E-state index contributed by atoms with van der Waals surface area (Å²) in [5.41, 5.74) is -0.586. The van der Waals surface area contributed by atoms with Crippen LogP contribution in [-0.4, -0.2) is 11.1 Å². The Kier molecular flexibility index (Phi) is 12.6. The van der Waals surface area contributed by atoms with Gasteiger partial charge in [-0.3, -0.25) is 4.79 Å². The van der Waals surface area contributed by atoms with E-state index in [1.54, 1.807) is 0 Å². The summed E-state index contributed by atoms with van der Waals surface area (Å²) in [5.74, 6) is -0.410. The van der Waals surface area contributed by atoms with Crippen molar-refractivity contribution in [3.8, 4) is 0 Å². The predicted molar refractivity (Wildman–Crippen MR) is 96.3 cm³/mol. The first-order valence-electron chi connectivity index (χ1n) is 9.66. The Morgan fingerprint density at radius 3 is 1.55 bits per heavy atom. The predicted octanol–water partition coefficient (Wildman–Crippen LogP) is 6.82. The van der Waals surface area contributed by atoms with E-state index in [4.69, 9.17) is 0 Å². The summed E-state index contributed by atoms with van der Waals surface area (Å²) < 4.78 is 0. The van der Waals surface area contributed by atoms with Crippen molar-refractivity contribution < 1.29 is 9.90 Å². The van der Waals surface area contributed by atoms with Gasteiger partial charge in [0.25, 0.3) is 0 Å². The van der Waals surface area contributed by atoms with Crippen LogP contribution in [-0.2, 0) is 4.79 Å². The fourth-order valence-corrected chi connectivity index (χ4v) is 2.86. The van der Waals surface area contributed by atoms with Crippen molar-refractivity contribution in [2.45, 2.75) is 111 Å². The first-order chi connectivity index (χ1) is 10.4. The van der Waals surface area contributed by atoms with Gasteiger partial charge in [-0.15, -0.1) is 0 Å². The van der Waals surface area contributed by atoms with Crippen LogP contribution in [0.25, 0.3) is 0 Å². The van der Waals surface area contributed by atoms with Crippen LogP contribution in [0.3, 0.4) is 0 Å². The van der Waals surface area contributed by atoms with Crippen LogP contribution in [0.4, 0.5) is 0 Å². The lowest BCUT2D eigenvalue weighted by Crippen LogP contribution is -2.31. The molecule has 0 aromatic rings. The van der Waals surface area contributed by atoms with Crippen LogP contribution >= 0.6 is 0 Å². The van der Waals surface area contributed by atoms with Crippen LogP contribution in [0.5, 0.6) is 0 Å². The van der Waals surface area contributed by atoms with Gasteiger partial charge in [-0.05, 0) is 26.2 Å². The zero-order chi connectivity index (χ0) is 16.8. The van der Waals surface area contributed by atoms with Crippen molar-refractivity contribution in [3.05, 3.63) is 0 Å². The summed E-state index contributed by atoms with van der Waals surface area (Å²) in [7, 11) is 0. The van der Waals surface area contributed by atoms with Gasteiger partial charge in [0.05, 0.1) is 5.41 Å². The van der Waals surface area contributed by atoms with Gasteiger partial charge in [-0.2, -0.15) is 0 Å². The highest BCUT2D eigenvalue weighted by molar-refractivity contribution is 5.73. The monoisotopic (exact) mass is 312 g/mol. The van der Waals surface area contributed by atoms with E-state index < -0.39 is 11.4 Å². The maximum absolute atomic E-state index is 11.2. The van der Waals surface area contributed by atoms with Crippen LogP contribution in [0.1, 0.15) is 111 Å². The molecule has 0 amide bonds. The Bertz CT molecular complexity index is 271. The van der Waals surface area contributed by atoms with Crippen molar-refractivity contribution in [2.24, 2.45) is 11.3 Å². The van der Waals surface area contributed by atoms with E-state index in [0.29, 0.717) is 0 Å². The first kappa shape index (κ1) is 21.5. The second kappa shape index (κ2) is 13.0. The maximum Gasteiger partial charge on any atom is 0.309 e. The van der Waals surface area contributed by atoms with Crippen LogP contribution in [0.15, 0.2) is 0 Å². The Morgan fingerprint density at radius 2 is 1.18 bits per heavy atom. The van der Waals surface area contributed by atoms with E-state index in [2.05, 4.69) is 13.8 Å². The third-order valence-electron chi connectivity index (χ3n) is 5.27. The van der Waals surface area contributed by atoms with Gasteiger partial charge in [0.15, 0.2) is 0 Å². The number of carbonyl (C=O) groups is 1. The fraction of sp³-hybridized carbons (Fsp3) is 0.950. The average Bonchev–Trinajstić information content (AvgIpc) is 2.47. The van der Waals surface area contributed by atoms with E-state index in [0.717, 1.165) is 6.42 Å². The smallest absolute Gasteiger partial charge is 0.309 e. The Balaban J connectivity index is 3.35. The van der Waals surface area contributed by atoms with Gasteiger partial charge in [0, 0.05) is 0 Å². The van der Waals surface area contributed by atoms with Crippen molar-refractivity contribution >= 4 is 5.97 Å². The zero-order valence-electron chi connectivity index (χ0n) is 15.6. The zero-order valence-corrected chi connectivity index (χ0v) is 15.6. The van der Waals surface area contributed by atoms with E-state index in [1.165, 1.54) is 77.0 Å². The molecule has 0 bridgehead atoms. The van der Waals surface area contributed by atoms with E-state index in [9.17, 15) is 9.90 Å². The van der Waals surface area contributed by atoms with Crippen molar-refractivity contribution in [1.82, 2.24) is 0 Å². The summed E-state index contributed by atoms with van der Waals surface area (Å²) in [4.78, 5) is 11.2. The van der Waals surface area contributed by atoms with Gasteiger partial charge in [-0.25, -0.2) is 0 Å². The largest absolute Gasteiger partial charge is 0.481 e. The topological polar surface area (TPSA) is 37.3 Å². The molecule has 1 atom stereocenters. The SMILES string of the molecule is CCCCCCCCCCCCCCC(C)C(C)(C)C(=O)O. The molecule has 0 aliphatic heterocycles. The van der Waals surface area contributed by atoms with Crippen LogP contribution in [0, 0.1) is 11.3 Å². The minimum Gasteiger partial charge on any atom is -0.481 e. The molecule has 0 aromatic heterocycles. The lowest BCUT2D eigenvalue weighted by Gasteiger charge is -2.27. The molecule has 1 unspecified atom stereocenters. The molecule has 0 saturated heterocycles. The number of hydrogen-bond acceptors (Lipinski definition) is 1. The Hall–Kier alpha value is -0.530. The molecule has 0 radical (unpaired) electrons. The molecular formula is C20H40O2. The van der Waals surface area contributed by atoms with Gasteiger partial charge >= 0.3 is 5.97 Å². The average molecular weight is 313 g/mol. The summed E-state index contributed by atoms with van der Waals surface area (Å²) >= 11 is 0. The summed E-state index contributed by atoms with van der Waals surface area (Å²) in [6.07, 6.45) is 17.3. The number of rotatable bonds is 15. The molecule has 22 heavy (non-hydrogen) atoms. The number of carboxylic acids is 1. The maximum atomic E-state index is 11.2.